The van der Waals surface area contributed by atoms with Gasteiger partial charge in [-0.05, 0) is 18.4 Å². The number of nitrogens with one attached hydrogen (secondary N) is 1. The number of likely N-dealkylation sites (N-methyl/N-ethyl adjacent to an activating group) is 1. The first-order valence-electron chi connectivity index (χ1n) is 11.5. The average molecular weight is 428 g/mol. The van der Waals surface area contributed by atoms with Crippen LogP contribution in [0.5, 0.6) is 0 Å². The normalized spacial score (nSPS) is 20.7. The molecular weight excluding hydrogens is 392 g/mol. The minimum atomic E-state index is -1.41. The Kier molecular flexibility index (Phi) is 6.39. The van der Waals surface area contributed by atoms with Gasteiger partial charge in [0.2, 0.25) is 0 Å². The lowest BCUT2D eigenvalue weighted by Gasteiger charge is -2.45. The smallest absolute Gasteiger partial charge is 0.259 e. The van der Waals surface area contributed by atoms with Crippen molar-refractivity contribution in [3.8, 4) is 0 Å². The van der Waals surface area contributed by atoms with Gasteiger partial charge < -0.3 is 14.5 Å². The van der Waals surface area contributed by atoms with Crippen molar-refractivity contribution in [2.45, 2.75) is 56.6 Å². The zero-order valence-electron chi connectivity index (χ0n) is 18.7. The van der Waals surface area contributed by atoms with Crippen LogP contribution in [0.15, 0.2) is 30.3 Å². The molecule has 2 heterocycles. The molecule has 8 heteroatoms. The van der Waals surface area contributed by atoms with Gasteiger partial charge in [-0.2, -0.15) is 5.21 Å². The number of quaternary nitrogens is 1. The van der Waals surface area contributed by atoms with Crippen molar-refractivity contribution in [3.05, 3.63) is 41.7 Å². The Bertz CT molecular complexity index is 842. The van der Waals surface area contributed by atoms with E-state index in [2.05, 4.69) is 34.7 Å². The summed E-state index contributed by atoms with van der Waals surface area (Å²) < 4.78 is 0.863. The van der Waals surface area contributed by atoms with Crippen LogP contribution in [0, 0.1) is 5.92 Å². The van der Waals surface area contributed by atoms with Gasteiger partial charge in [0.25, 0.3) is 5.91 Å². The maximum Gasteiger partial charge on any atom is 0.259 e. The predicted octanol–water partition coefficient (Wildman–Crippen LogP) is 1.89. The summed E-state index contributed by atoms with van der Waals surface area (Å²) in [4.78, 5) is 15.6. The minimum absolute atomic E-state index is 0.00213. The SMILES string of the molecule is C[N+](C)(CCc1nn[nH]n1)C1CCN(C(=O)C(O)(c2ccccc2)C2CCCC2)CC1. The Morgan fingerprint density at radius 3 is 2.45 bits per heavy atom. The summed E-state index contributed by atoms with van der Waals surface area (Å²) in [5.74, 6) is 0.631. The van der Waals surface area contributed by atoms with Crippen molar-refractivity contribution >= 4 is 5.91 Å². The van der Waals surface area contributed by atoms with Gasteiger partial charge in [0, 0.05) is 31.8 Å². The third-order valence-corrected chi connectivity index (χ3v) is 7.53. The molecule has 1 amide bonds. The zero-order valence-corrected chi connectivity index (χ0v) is 18.7. The molecule has 31 heavy (non-hydrogen) atoms. The molecule has 1 saturated carbocycles. The molecule has 2 aromatic rings. The van der Waals surface area contributed by atoms with E-state index in [0.717, 1.165) is 67.4 Å². The first kappa shape index (κ1) is 21.9. The fraction of sp³-hybridized carbons (Fsp3) is 0.652. The van der Waals surface area contributed by atoms with E-state index in [0.29, 0.717) is 19.1 Å². The number of piperidine rings is 1. The maximum absolute atomic E-state index is 13.7. The van der Waals surface area contributed by atoms with E-state index in [4.69, 9.17) is 0 Å². The van der Waals surface area contributed by atoms with E-state index in [-0.39, 0.29) is 11.8 Å². The molecule has 1 aliphatic heterocycles. The summed E-state index contributed by atoms with van der Waals surface area (Å²) in [6.07, 6.45) is 6.63. The highest BCUT2D eigenvalue weighted by molar-refractivity contribution is 5.87. The number of aromatic amines is 1. The molecular formula is C23H35N6O2+. The Labute approximate surface area is 184 Å². The Morgan fingerprint density at radius 1 is 1.16 bits per heavy atom. The lowest BCUT2D eigenvalue weighted by molar-refractivity contribution is -0.916. The highest BCUT2D eigenvalue weighted by Crippen LogP contribution is 2.42. The van der Waals surface area contributed by atoms with E-state index in [1.807, 2.05) is 35.2 Å². The van der Waals surface area contributed by atoms with Crippen molar-refractivity contribution < 1.29 is 14.4 Å². The number of amides is 1. The molecule has 4 rings (SSSR count). The van der Waals surface area contributed by atoms with Crippen LogP contribution in [-0.4, -0.2) is 80.8 Å². The number of H-pyrrole nitrogens is 1. The Morgan fingerprint density at radius 2 is 1.84 bits per heavy atom. The fourth-order valence-corrected chi connectivity index (χ4v) is 5.44. The van der Waals surface area contributed by atoms with Crippen molar-refractivity contribution in [2.75, 3.05) is 33.7 Å². The molecule has 1 saturated heterocycles. The summed E-state index contributed by atoms with van der Waals surface area (Å²) in [6, 6.07) is 10.0. The van der Waals surface area contributed by atoms with E-state index in [1.165, 1.54) is 0 Å². The number of carbonyl (C=O) groups is 1. The topological polar surface area (TPSA) is 95.0 Å². The summed E-state index contributed by atoms with van der Waals surface area (Å²) in [6.45, 7) is 2.30. The molecule has 2 aliphatic rings. The summed E-state index contributed by atoms with van der Waals surface area (Å²) in [5, 5.41) is 26.1. The lowest BCUT2D eigenvalue weighted by Crippen LogP contribution is -2.58. The third-order valence-electron chi connectivity index (χ3n) is 7.53. The highest BCUT2D eigenvalue weighted by atomic mass is 16.3. The maximum atomic E-state index is 13.7. The standard InChI is InChI=1S/C23H35N6O2/c1-29(2,17-14-21-24-26-27-25-21)20-12-15-28(16-13-20)22(30)23(31,19-10-6-7-11-19)18-8-4-3-5-9-18/h3-5,8-9,19-20,31H,6-7,10-17H2,1-2H3,(H,24,25,26,27)/q+1. The second kappa shape index (κ2) is 9.04. The predicted molar refractivity (Wildman–Crippen MR) is 117 cm³/mol. The second-order valence-electron chi connectivity index (χ2n) is 9.72. The van der Waals surface area contributed by atoms with Gasteiger partial charge in [0.05, 0.1) is 33.1 Å². The quantitative estimate of drug-likeness (QED) is 0.658. The van der Waals surface area contributed by atoms with Gasteiger partial charge in [0.1, 0.15) is 0 Å². The molecule has 1 aliphatic carbocycles. The molecule has 2 fully saturated rings. The second-order valence-corrected chi connectivity index (χ2v) is 9.72. The van der Waals surface area contributed by atoms with Crippen molar-refractivity contribution in [3.63, 3.8) is 0 Å². The number of likely N-dealkylation sites (tertiary alicyclic amines) is 1. The number of aromatic nitrogens is 4. The van der Waals surface area contributed by atoms with Crippen LogP contribution in [-0.2, 0) is 16.8 Å². The molecule has 8 nitrogen and oxygen atoms in total. The first-order valence-corrected chi connectivity index (χ1v) is 11.5. The Hall–Kier alpha value is -2.32. The number of benzene rings is 1. The highest BCUT2D eigenvalue weighted by Gasteiger charge is 2.49. The zero-order chi connectivity index (χ0) is 21.9. The summed E-state index contributed by atoms with van der Waals surface area (Å²) in [5.41, 5.74) is -0.668. The van der Waals surface area contributed by atoms with Gasteiger partial charge in [0.15, 0.2) is 11.4 Å². The van der Waals surface area contributed by atoms with E-state index < -0.39 is 5.60 Å². The number of carbonyl (C=O) groups excluding carboxylic acids is 1. The number of aliphatic hydroxyl groups is 1. The minimum Gasteiger partial charge on any atom is -0.375 e. The molecule has 1 unspecified atom stereocenters. The van der Waals surface area contributed by atoms with Gasteiger partial charge in [-0.1, -0.05) is 48.4 Å². The molecule has 168 valence electrons. The van der Waals surface area contributed by atoms with Gasteiger partial charge in [-0.3, -0.25) is 4.79 Å². The summed E-state index contributed by atoms with van der Waals surface area (Å²) >= 11 is 0. The molecule has 0 radical (unpaired) electrons. The van der Waals surface area contributed by atoms with Crippen LogP contribution in [0.3, 0.4) is 0 Å². The van der Waals surface area contributed by atoms with Crippen LogP contribution in [0.2, 0.25) is 0 Å². The summed E-state index contributed by atoms with van der Waals surface area (Å²) in [7, 11) is 4.47. The van der Waals surface area contributed by atoms with Gasteiger partial charge in [-0.25, -0.2) is 0 Å². The first-order chi connectivity index (χ1) is 14.9. The van der Waals surface area contributed by atoms with E-state index in [1.54, 1.807) is 0 Å². The number of rotatable bonds is 7. The van der Waals surface area contributed by atoms with Gasteiger partial charge in [-0.15, -0.1) is 10.2 Å². The van der Waals surface area contributed by atoms with Crippen LogP contribution in [0.1, 0.15) is 49.9 Å². The number of hydrogen-bond donors (Lipinski definition) is 2. The van der Waals surface area contributed by atoms with Gasteiger partial charge >= 0.3 is 0 Å². The molecule has 0 spiro atoms. The fourth-order valence-electron chi connectivity index (χ4n) is 5.44. The average Bonchev–Trinajstić information content (AvgIpc) is 3.52. The molecule has 1 aromatic heterocycles. The van der Waals surface area contributed by atoms with E-state index >= 15 is 0 Å². The molecule has 0 bridgehead atoms. The van der Waals surface area contributed by atoms with Crippen LogP contribution < -0.4 is 0 Å². The van der Waals surface area contributed by atoms with E-state index in [9.17, 15) is 9.90 Å². The lowest BCUT2D eigenvalue weighted by atomic mass is 9.78. The van der Waals surface area contributed by atoms with Crippen molar-refractivity contribution in [2.24, 2.45) is 5.92 Å². The number of hydrogen-bond acceptors (Lipinski definition) is 5. The van der Waals surface area contributed by atoms with Crippen LogP contribution in [0.4, 0.5) is 0 Å². The van der Waals surface area contributed by atoms with Crippen molar-refractivity contribution in [1.82, 2.24) is 25.5 Å². The van der Waals surface area contributed by atoms with Crippen molar-refractivity contribution in [1.29, 1.82) is 0 Å². The monoisotopic (exact) mass is 427 g/mol. The molecule has 1 aromatic carbocycles. The molecule has 2 N–H and O–H groups in total. The number of tetrazole rings is 1. The van der Waals surface area contributed by atoms with Crippen LogP contribution in [0.25, 0.3) is 0 Å². The largest absolute Gasteiger partial charge is 0.375 e. The molecule has 1 atom stereocenters. The number of nitrogens with zero attached hydrogens (tertiary/aromatic N) is 5. The van der Waals surface area contributed by atoms with Crippen LogP contribution >= 0.6 is 0 Å². The third kappa shape index (κ3) is 4.50. The Balaban J connectivity index is 1.42.